The van der Waals surface area contributed by atoms with Crippen LogP contribution in [0.5, 0.6) is 0 Å². The quantitative estimate of drug-likeness (QED) is 0.529. The summed E-state index contributed by atoms with van der Waals surface area (Å²) in [7, 11) is 0. The third-order valence-electron chi connectivity index (χ3n) is 6.42. The standard InChI is InChI=1S/C23H18N6O2/c30-21(15-6-3-9-18-19(15)27-28-26-18)29-12-10-23(20(29)14-5-4-11-24-13-14)16-7-1-2-8-17(16)25-22(23)31/h1-9,11,13,20H,10,12H2,(H,25,31)(H,26,27,28). The van der Waals surface area contributed by atoms with Crippen LogP contribution < -0.4 is 5.32 Å². The van der Waals surface area contributed by atoms with Crippen LogP contribution in [0.4, 0.5) is 5.69 Å². The highest BCUT2D eigenvalue weighted by atomic mass is 16.2. The zero-order valence-corrected chi connectivity index (χ0v) is 16.4. The van der Waals surface area contributed by atoms with Crippen molar-refractivity contribution < 1.29 is 9.59 Å². The van der Waals surface area contributed by atoms with E-state index in [0.29, 0.717) is 29.6 Å². The van der Waals surface area contributed by atoms with E-state index in [4.69, 9.17) is 0 Å². The van der Waals surface area contributed by atoms with Gasteiger partial charge in [-0.05, 0) is 41.8 Å². The molecule has 2 unspecified atom stereocenters. The zero-order valence-electron chi connectivity index (χ0n) is 16.4. The van der Waals surface area contributed by atoms with Gasteiger partial charge in [-0.3, -0.25) is 14.6 Å². The number of para-hydroxylation sites is 2. The van der Waals surface area contributed by atoms with E-state index < -0.39 is 11.5 Å². The number of amides is 2. The van der Waals surface area contributed by atoms with Gasteiger partial charge >= 0.3 is 0 Å². The van der Waals surface area contributed by atoms with Crippen LogP contribution in [0, 0.1) is 0 Å². The van der Waals surface area contributed by atoms with E-state index in [1.165, 1.54) is 0 Å². The molecule has 8 nitrogen and oxygen atoms in total. The summed E-state index contributed by atoms with van der Waals surface area (Å²) >= 11 is 0. The van der Waals surface area contributed by atoms with E-state index in [9.17, 15) is 9.59 Å². The lowest BCUT2D eigenvalue weighted by Crippen LogP contribution is -2.42. The number of fused-ring (bicyclic) bond motifs is 3. The topological polar surface area (TPSA) is 104 Å². The fraction of sp³-hybridized carbons (Fsp3) is 0.174. The SMILES string of the molecule is O=C(c1cccc2n[nH]nc12)N1CCC2(C(=O)Nc3ccccc32)C1c1cccnc1. The summed E-state index contributed by atoms with van der Waals surface area (Å²) in [6.07, 6.45) is 3.95. The lowest BCUT2D eigenvalue weighted by atomic mass is 9.73. The van der Waals surface area contributed by atoms with Gasteiger partial charge in [0, 0.05) is 24.6 Å². The van der Waals surface area contributed by atoms with E-state index in [2.05, 4.69) is 25.7 Å². The molecule has 2 aromatic carbocycles. The smallest absolute Gasteiger partial charge is 0.256 e. The van der Waals surface area contributed by atoms with E-state index >= 15 is 0 Å². The average molecular weight is 410 g/mol. The van der Waals surface area contributed by atoms with Crippen molar-refractivity contribution in [3.05, 3.63) is 83.7 Å². The molecule has 6 rings (SSSR count). The zero-order chi connectivity index (χ0) is 21.0. The van der Waals surface area contributed by atoms with Gasteiger partial charge in [-0.15, -0.1) is 0 Å². The molecule has 152 valence electrons. The number of anilines is 1. The van der Waals surface area contributed by atoms with Crippen LogP contribution in [-0.4, -0.2) is 43.7 Å². The van der Waals surface area contributed by atoms with Gasteiger partial charge in [-0.25, -0.2) is 0 Å². The largest absolute Gasteiger partial charge is 0.330 e. The Bertz CT molecular complexity index is 1330. The van der Waals surface area contributed by atoms with Crippen molar-refractivity contribution in [3.63, 3.8) is 0 Å². The number of H-pyrrole nitrogens is 1. The van der Waals surface area contributed by atoms with E-state index in [1.54, 1.807) is 35.5 Å². The van der Waals surface area contributed by atoms with Gasteiger partial charge < -0.3 is 10.2 Å². The number of nitrogens with one attached hydrogen (secondary N) is 2. The normalized spacial score (nSPS) is 22.1. The maximum Gasteiger partial charge on any atom is 0.256 e. The van der Waals surface area contributed by atoms with Crippen LogP contribution in [0.15, 0.2) is 67.0 Å². The Labute approximate surface area is 177 Å². The summed E-state index contributed by atoms with van der Waals surface area (Å²) in [4.78, 5) is 33.3. The maximum absolute atomic E-state index is 13.8. The fourth-order valence-electron chi connectivity index (χ4n) is 5.10. The minimum atomic E-state index is -0.868. The van der Waals surface area contributed by atoms with Gasteiger partial charge in [0.05, 0.1) is 11.6 Å². The Kier molecular flexibility index (Phi) is 3.70. The summed E-state index contributed by atoms with van der Waals surface area (Å²) in [6.45, 7) is 0.439. The highest BCUT2D eigenvalue weighted by molar-refractivity contribution is 6.09. The van der Waals surface area contributed by atoms with Gasteiger partial charge in [0.25, 0.3) is 5.91 Å². The molecule has 0 bridgehead atoms. The summed E-state index contributed by atoms with van der Waals surface area (Å²) in [5.41, 5.74) is 3.29. The minimum Gasteiger partial charge on any atom is -0.330 e. The van der Waals surface area contributed by atoms with E-state index in [-0.39, 0.29) is 11.8 Å². The van der Waals surface area contributed by atoms with Crippen molar-refractivity contribution in [2.24, 2.45) is 0 Å². The van der Waals surface area contributed by atoms with Crippen LogP contribution >= 0.6 is 0 Å². The first-order chi connectivity index (χ1) is 15.2. The van der Waals surface area contributed by atoms with Crippen molar-refractivity contribution in [2.45, 2.75) is 17.9 Å². The molecular formula is C23H18N6O2. The number of benzene rings is 2. The Morgan fingerprint density at radius 1 is 1.06 bits per heavy atom. The molecule has 2 amide bonds. The van der Waals surface area contributed by atoms with Gasteiger partial charge in [-0.1, -0.05) is 30.3 Å². The second-order valence-corrected chi connectivity index (χ2v) is 7.91. The highest BCUT2D eigenvalue weighted by Crippen LogP contribution is 2.54. The monoisotopic (exact) mass is 410 g/mol. The van der Waals surface area contributed by atoms with Gasteiger partial charge in [0.1, 0.15) is 16.4 Å². The Hall–Kier alpha value is -4.07. The van der Waals surface area contributed by atoms with Crippen LogP contribution in [0.2, 0.25) is 0 Å². The van der Waals surface area contributed by atoms with E-state index in [0.717, 1.165) is 16.8 Å². The summed E-state index contributed by atoms with van der Waals surface area (Å²) in [5.74, 6) is -0.264. The molecule has 1 fully saturated rings. The molecule has 2 N–H and O–H groups in total. The summed E-state index contributed by atoms with van der Waals surface area (Å²) in [5, 5.41) is 13.9. The van der Waals surface area contributed by atoms with Crippen molar-refractivity contribution in [2.75, 3.05) is 11.9 Å². The highest BCUT2D eigenvalue weighted by Gasteiger charge is 2.59. The number of rotatable bonds is 2. The molecule has 1 spiro atoms. The molecule has 4 heterocycles. The number of nitrogens with zero attached hydrogens (tertiary/aromatic N) is 4. The van der Waals surface area contributed by atoms with Gasteiger partial charge in [0.15, 0.2) is 0 Å². The second kappa shape index (κ2) is 6.46. The molecule has 2 aliphatic heterocycles. The van der Waals surface area contributed by atoms with E-state index in [1.807, 2.05) is 36.4 Å². The van der Waals surface area contributed by atoms with Crippen LogP contribution in [-0.2, 0) is 10.2 Å². The molecule has 4 aromatic rings. The van der Waals surface area contributed by atoms with Crippen LogP contribution in [0.3, 0.4) is 0 Å². The second-order valence-electron chi connectivity index (χ2n) is 7.91. The first kappa shape index (κ1) is 17.8. The predicted molar refractivity (Wildman–Crippen MR) is 113 cm³/mol. The molecule has 0 radical (unpaired) electrons. The number of carbonyl (C=O) groups excluding carboxylic acids is 2. The third kappa shape index (κ3) is 2.38. The molecular weight excluding hydrogens is 392 g/mol. The van der Waals surface area contributed by atoms with Gasteiger partial charge in [-0.2, -0.15) is 15.4 Å². The molecule has 1 saturated heterocycles. The predicted octanol–water partition coefficient (Wildman–Crippen LogP) is 2.83. The molecule has 0 aliphatic carbocycles. The lowest BCUT2D eigenvalue weighted by molar-refractivity contribution is -0.121. The molecule has 2 aromatic heterocycles. The van der Waals surface area contributed by atoms with Crippen molar-refractivity contribution in [1.82, 2.24) is 25.3 Å². The molecule has 2 atom stereocenters. The average Bonchev–Trinajstić information content (AvgIpc) is 3.51. The van der Waals surface area contributed by atoms with Gasteiger partial charge in [0.2, 0.25) is 5.91 Å². The minimum absolute atomic E-state index is 0.0857. The number of hydrogen-bond donors (Lipinski definition) is 2. The molecule has 0 saturated carbocycles. The number of carbonyl (C=O) groups is 2. The fourth-order valence-corrected chi connectivity index (χ4v) is 5.10. The number of aromatic amines is 1. The number of hydrogen-bond acceptors (Lipinski definition) is 5. The Morgan fingerprint density at radius 3 is 2.84 bits per heavy atom. The number of pyridine rings is 1. The first-order valence-electron chi connectivity index (χ1n) is 10.1. The number of aromatic nitrogens is 4. The van der Waals surface area contributed by atoms with Crippen molar-refractivity contribution >= 4 is 28.5 Å². The third-order valence-corrected chi connectivity index (χ3v) is 6.42. The summed E-state index contributed by atoms with van der Waals surface area (Å²) in [6, 6.07) is 16.3. The first-order valence-corrected chi connectivity index (χ1v) is 10.1. The van der Waals surface area contributed by atoms with Crippen LogP contribution in [0.1, 0.15) is 33.9 Å². The van der Waals surface area contributed by atoms with Crippen molar-refractivity contribution in [3.8, 4) is 0 Å². The summed E-state index contributed by atoms with van der Waals surface area (Å²) < 4.78 is 0. The Balaban J connectivity index is 1.53. The molecule has 8 heteroatoms. The Morgan fingerprint density at radius 2 is 1.97 bits per heavy atom. The molecule has 2 aliphatic rings. The number of likely N-dealkylation sites (tertiary alicyclic amines) is 1. The van der Waals surface area contributed by atoms with Crippen LogP contribution in [0.25, 0.3) is 11.0 Å². The lowest BCUT2D eigenvalue weighted by Gasteiger charge is -2.34. The molecule has 31 heavy (non-hydrogen) atoms. The van der Waals surface area contributed by atoms with Crippen molar-refractivity contribution in [1.29, 1.82) is 0 Å². The maximum atomic E-state index is 13.8.